The SMILES string of the molecule is OC[C@H]1N[C@@H]2CC[C@H]1C2. The second-order valence-electron chi connectivity index (χ2n) is 3.23. The third kappa shape index (κ3) is 0.775. The van der Waals surface area contributed by atoms with Crippen LogP contribution in [0, 0.1) is 5.92 Å². The summed E-state index contributed by atoms with van der Waals surface area (Å²) in [5.41, 5.74) is 0. The first-order valence-corrected chi connectivity index (χ1v) is 3.77. The van der Waals surface area contributed by atoms with Gasteiger partial charge in [-0.2, -0.15) is 0 Å². The number of fused-ring (bicyclic) bond motifs is 2. The summed E-state index contributed by atoms with van der Waals surface area (Å²) in [5.74, 6) is 0.792. The maximum atomic E-state index is 8.83. The molecule has 0 aromatic carbocycles. The highest BCUT2D eigenvalue weighted by Crippen LogP contribution is 2.34. The van der Waals surface area contributed by atoms with Crippen LogP contribution in [0.15, 0.2) is 0 Å². The Balaban J connectivity index is 2.01. The fraction of sp³-hybridized carbons (Fsp3) is 1.00. The zero-order chi connectivity index (χ0) is 6.27. The molecule has 1 aliphatic carbocycles. The Morgan fingerprint density at radius 1 is 1.44 bits per heavy atom. The smallest absolute Gasteiger partial charge is 0.0587 e. The Bertz CT molecular complexity index is 115. The van der Waals surface area contributed by atoms with E-state index in [-0.39, 0.29) is 0 Å². The summed E-state index contributed by atoms with van der Waals surface area (Å²) >= 11 is 0. The van der Waals surface area contributed by atoms with Gasteiger partial charge in [0.05, 0.1) is 6.61 Å². The predicted molar refractivity (Wildman–Crippen MR) is 35.1 cm³/mol. The van der Waals surface area contributed by atoms with Crippen molar-refractivity contribution in [2.75, 3.05) is 6.61 Å². The molecule has 0 unspecified atom stereocenters. The molecule has 2 fully saturated rings. The van der Waals surface area contributed by atoms with Crippen LogP contribution in [0.25, 0.3) is 0 Å². The number of hydrogen-bond donors (Lipinski definition) is 2. The van der Waals surface area contributed by atoms with E-state index < -0.39 is 0 Å². The molecule has 9 heavy (non-hydrogen) atoms. The van der Waals surface area contributed by atoms with E-state index in [0.29, 0.717) is 12.6 Å². The van der Waals surface area contributed by atoms with Gasteiger partial charge in [0.1, 0.15) is 0 Å². The Morgan fingerprint density at radius 2 is 2.33 bits per heavy atom. The van der Waals surface area contributed by atoms with Gasteiger partial charge in [0, 0.05) is 12.1 Å². The molecule has 0 radical (unpaired) electrons. The maximum absolute atomic E-state index is 8.83. The van der Waals surface area contributed by atoms with Crippen LogP contribution in [-0.2, 0) is 0 Å². The normalized spacial score (nSPS) is 48.3. The average molecular weight is 127 g/mol. The highest BCUT2D eigenvalue weighted by molar-refractivity contribution is 4.96. The minimum atomic E-state index is 0.334. The van der Waals surface area contributed by atoms with Crippen LogP contribution in [0.2, 0.25) is 0 Å². The largest absolute Gasteiger partial charge is 0.395 e. The molecule has 1 aliphatic heterocycles. The standard InChI is InChI=1S/C7H13NO/c9-4-7-5-1-2-6(3-5)8-7/h5-9H,1-4H2/t5-,6+,7+/m0/s1. The number of aliphatic hydroxyl groups excluding tert-OH is 1. The highest BCUT2D eigenvalue weighted by Gasteiger charge is 2.38. The van der Waals surface area contributed by atoms with E-state index >= 15 is 0 Å². The van der Waals surface area contributed by atoms with Crippen LogP contribution >= 0.6 is 0 Å². The number of aliphatic hydroxyl groups is 1. The Kier molecular flexibility index (Phi) is 1.24. The summed E-state index contributed by atoms with van der Waals surface area (Å²) in [7, 11) is 0. The van der Waals surface area contributed by atoms with Crippen molar-refractivity contribution in [1.82, 2.24) is 5.32 Å². The van der Waals surface area contributed by atoms with Crippen molar-refractivity contribution in [2.24, 2.45) is 5.92 Å². The molecule has 1 saturated carbocycles. The topological polar surface area (TPSA) is 32.3 Å². The van der Waals surface area contributed by atoms with Crippen molar-refractivity contribution < 1.29 is 5.11 Å². The van der Waals surface area contributed by atoms with Gasteiger partial charge < -0.3 is 10.4 Å². The van der Waals surface area contributed by atoms with Crippen LogP contribution in [0.5, 0.6) is 0 Å². The van der Waals surface area contributed by atoms with Crippen molar-refractivity contribution in [3.8, 4) is 0 Å². The van der Waals surface area contributed by atoms with Gasteiger partial charge in [0.15, 0.2) is 0 Å². The van der Waals surface area contributed by atoms with Crippen LogP contribution in [0.1, 0.15) is 19.3 Å². The minimum Gasteiger partial charge on any atom is -0.395 e. The van der Waals surface area contributed by atoms with Gasteiger partial charge in [-0.05, 0) is 25.2 Å². The minimum absolute atomic E-state index is 0.334. The second-order valence-corrected chi connectivity index (χ2v) is 3.23. The summed E-state index contributed by atoms with van der Waals surface area (Å²) in [6, 6.07) is 1.18. The predicted octanol–water partition coefficient (Wildman–Crippen LogP) is 0.119. The van der Waals surface area contributed by atoms with Gasteiger partial charge in [-0.15, -0.1) is 0 Å². The van der Waals surface area contributed by atoms with Gasteiger partial charge in [-0.3, -0.25) is 0 Å². The summed E-state index contributed by atoms with van der Waals surface area (Å²) in [6.07, 6.45) is 3.98. The molecule has 52 valence electrons. The third-order valence-corrected chi connectivity index (χ3v) is 2.69. The fourth-order valence-corrected chi connectivity index (χ4v) is 2.17. The van der Waals surface area contributed by atoms with E-state index in [9.17, 15) is 0 Å². The number of rotatable bonds is 1. The molecular weight excluding hydrogens is 114 g/mol. The monoisotopic (exact) mass is 127 g/mol. The van der Waals surface area contributed by atoms with Crippen LogP contribution in [-0.4, -0.2) is 23.8 Å². The van der Waals surface area contributed by atoms with E-state index in [1.807, 2.05) is 0 Å². The molecule has 3 atom stereocenters. The number of nitrogens with one attached hydrogen (secondary N) is 1. The summed E-state index contributed by atoms with van der Waals surface area (Å²) < 4.78 is 0. The van der Waals surface area contributed by atoms with Gasteiger partial charge in [-0.1, -0.05) is 0 Å². The van der Waals surface area contributed by atoms with Crippen molar-refractivity contribution in [2.45, 2.75) is 31.3 Å². The summed E-state index contributed by atoms with van der Waals surface area (Å²) in [6.45, 7) is 0.334. The number of piperidine rings is 1. The van der Waals surface area contributed by atoms with Crippen LogP contribution in [0.4, 0.5) is 0 Å². The first-order chi connectivity index (χ1) is 4.40. The molecule has 2 heteroatoms. The highest BCUT2D eigenvalue weighted by atomic mass is 16.3. The van der Waals surface area contributed by atoms with Crippen molar-refractivity contribution in [3.05, 3.63) is 0 Å². The van der Waals surface area contributed by atoms with E-state index in [2.05, 4.69) is 5.32 Å². The number of hydrogen-bond acceptors (Lipinski definition) is 2. The molecule has 1 saturated heterocycles. The Hall–Kier alpha value is -0.0800. The molecule has 1 heterocycles. The molecule has 0 aromatic rings. The van der Waals surface area contributed by atoms with Gasteiger partial charge in [0.2, 0.25) is 0 Å². The molecule has 2 aliphatic rings. The summed E-state index contributed by atoms with van der Waals surface area (Å²) in [4.78, 5) is 0. The lowest BCUT2D eigenvalue weighted by molar-refractivity contribution is 0.210. The molecule has 0 spiro atoms. The summed E-state index contributed by atoms with van der Waals surface area (Å²) in [5, 5.41) is 12.2. The molecular formula is C7H13NO. The van der Waals surface area contributed by atoms with E-state index in [4.69, 9.17) is 5.11 Å². The molecule has 0 amide bonds. The molecule has 0 aromatic heterocycles. The Morgan fingerprint density at radius 3 is 2.67 bits per heavy atom. The van der Waals surface area contributed by atoms with Crippen molar-refractivity contribution in [3.63, 3.8) is 0 Å². The van der Waals surface area contributed by atoms with E-state index in [0.717, 1.165) is 12.0 Å². The second kappa shape index (κ2) is 1.96. The van der Waals surface area contributed by atoms with Crippen LogP contribution in [0.3, 0.4) is 0 Å². The lowest BCUT2D eigenvalue weighted by Gasteiger charge is -2.20. The molecule has 2 nitrogen and oxygen atoms in total. The first kappa shape index (κ1) is 5.69. The Labute approximate surface area is 55.3 Å². The van der Waals surface area contributed by atoms with Crippen molar-refractivity contribution in [1.29, 1.82) is 0 Å². The van der Waals surface area contributed by atoms with Gasteiger partial charge >= 0.3 is 0 Å². The zero-order valence-corrected chi connectivity index (χ0v) is 5.51. The molecule has 2 bridgehead atoms. The van der Waals surface area contributed by atoms with E-state index in [1.165, 1.54) is 19.3 Å². The average Bonchev–Trinajstić information content (AvgIpc) is 2.45. The van der Waals surface area contributed by atoms with Crippen LogP contribution < -0.4 is 5.32 Å². The van der Waals surface area contributed by atoms with E-state index in [1.54, 1.807) is 0 Å². The zero-order valence-electron chi connectivity index (χ0n) is 5.51. The van der Waals surface area contributed by atoms with Gasteiger partial charge in [-0.25, -0.2) is 0 Å². The lowest BCUT2D eigenvalue weighted by atomic mass is 10.0. The van der Waals surface area contributed by atoms with Crippen molar-refractivity contribution >= 4 is 0 Å². The quantitative estimate of drug-likeness (QED) is 0.524. The fourth-order valence-electron chi connectivity index (χ4n) is 2.17. The maximum Gasteiger partial charge on any atom is 0.0587 e. The molecule has 2 N–H and O–H groups in total. The van der Waals surface area contributed by atoms with Gasteiger partial charge in [0.25, 0.3) is 0 Å². The first-order valence-electron chi connectivity index (χ1n) is 3.77. The molecule has 2 rings (SSSR count). The third-order valence-electron chi connectivity index (χ3n) is 2.69. The lowest BCUT2D eigenvalue weighted by Crippen LogP contribution is -2.37.